The van der Waals surface area contributed by atoms with E-state index in [2.05, 4.69) is 15.5 Å². The Bertz CT molecular complexity index is 842. The van der Waals surface area contributed by atoms with Crippen molar-refractivity contribution in [1.82, 2.24) is 20.1 Å². The van der Waals surface area contributed by atoms with Crippen molar-refractivity contribution in [2.24, 2.45) is 5.92 Å². The smallest absolute Gasteiger partial charge is 0.345 e. The molecule has 1 amide bonds. The topological polar surface area (TPSA) is 59.8 Å². The molecule has 5 nitrogen and oxygen atoms in total. The summed E-state index contributed by atoms with van der Waals surface area (Å²) >= 11 is 0. The van der Waals surface area contributed by atoms with Crippen LogP contribution in [-0.2, 0) is 25.7 Å². The van der Waals surface area contributed by atoms with Gasteiger partial charge in [0.15, 0.2) is 5.82 Å². The Hall–Kier alpha value is -2.59. The molecule has 0 unspecified atom stereocenters. The number of fused-ring (bicyclic) bond motifs is 1. The molecule has 146 valence electrons. The molecule has 3 rings (SSSR count). The molecule has 1 aliphatic rings. The van der Waals surface area contributed by atoms with Crippen molar-refractivity contribution in [3.05, 3.63) is 47.0 Å². The molecule has 0 spiro atoms. The van der Waals surface area contributed by atoms with E-state index in [1.807, 2.05) is 0 Å². The minimum absolute atomic E-state index is 0.0665. The number of carbonyl (C=O) groups is 1. The molecule has 27 heavy (non-hydrogen) atoms. The fourth-order valence-corrected chi connectivity index (χ4v) is 2.96. The van der Waals surface area contributed by atoms with Gasteiger partial charge in [0.2, 0.25) is 0 Å². The molecule has 0 bridgehead atoms. The summed E-state index contributed by atoms with van der Waals surface area (Å²) in [4.78, 5) is 12.2. The van der Waals surface area contributed by atoms with Crippen molar-refractivity contribution < 1.29 is 31.1 Å². The predicted molar refractivity (Wildman–Crippen MR) is 80.5 cm³/mol. The quantitative estimate of drug-likeness (QED) is 0.815. The summed E-state index contributed by atoms with van der Waals surface area (Å²) in [5, 5.41) is 9.83. The Balaban J connectivity index is 1.74. The Labute approximate surface area is 149 Å². The van der Waals surface area contributed by atoms with Crippen LogP contribution in [0.15, 0.2) is 24.3 Å². The van der Waals surface area contributed by atoms with Crippen LogP contribution in [0.25, 0.3) is 0 Å². The number of nitrogens with one attached hydrogen (secondary N) is 1. The van der Waals surface area contributed by atoms with E-state index in [1.165, 1.54) is 10.6 Å². The summed E-state index contributed by atoms with van der Waals surface area (Å²) in [7, 11) is 0. The molecule has 0 saturated heterocycles. The number of alkyl halides is 6. The van der Waals surface area contributed by atoms with Crippen LogP contribution in [0.2, 0.25) is 0 Å². The SMILES string of the molecule is O=C(NCc1nnc2n1C[C@H](C(F)(F)F)CC2)c1ccccc1C(F)(F)F. The van der Waals surface area contributed by atoms with Gasteiger partial charge >= 0.3 is 12.4 Å². The molecule has 0 aliphatic carbocycles. The molecule has 1 N–H and O–H groups in total. The van der Waals surface area contributed by atoms with Crippen LogP contribution in [0.5, 0.6) is 0 Å². The molecule has 11 heteroatoms. The maximum Gasteiger partial charge on any atom is 0.417 e. The van der Waals surface area contributed by atoms with Gasteiger partial charge in [-0.25, -0.2) is 0 Å². The normalized spacial score (nSPS) is 17.5. The fraction of sp³-hybridized carbons (Fsp3) is 0.438. The van der Waals surface area contributed by atoms with E-state index >= 15 is 0 Å². The second kappa shape index (κ2) is 6.86. The van der Waals surface area contributed by atoms with Crippen molar-refractivity contribution in [3.63, 3.8) is 0 Å². The number of benzene rings is 1. The molecule has 0 saturated carbocycles. The summed E-state index contributed by atoms with van der Waals surface area (Å²) in [5.41, 5.74) is -1.67. The molecule has 1 aromatic heterocycles. The molecule has 2 heterocycles. The number of nitrogens with zero attached hydrogens (tertiary/aromatic N) is 3. The molecule has 1 atom stereocenters. The van der Waals surface area contributed by atoms with Gasteiger partial charge in [0, 0.05) is 13.0 Å². The minimum atomic E-state index is -4.71. The van der Waals surface area contributed by atoms with Gasteiger partial charge in [-0.15, -0.1) is 10.2 Å². The Morgan fingerprint density at radius 1 is 1.15 bits per heavy atom. The van der Waals surface area contributed by atoms with Crippen molar-refractivity contribution in [2.45, 2.75) is 38.3 Å². The Morgan fingerprint density at radius 3 is 2.52 bits per heavy atom. The molecule has 1 aromatic carbocycles. The average molecular weight is 392 g/mol. The first kappa shape index (κ1) is 19.2. The lowest BCUT2D eigenvalue weighted by atomic mass is 9.99. The summed E-state index contributed by atoms with van der Waals surface area (Å²) in [6.07, 6.45) is -9.09. The summed E-state index contributed by atoms with van der Waals surface area (Å²) in [5.74, 6) is -2.13. The standard InChI is InChI=1S/C16H14F6N4O/c17-15(18,19)9-5-6-12-24-25-13(26(12)8-9)7-23-14(27)10-3-1-2-4-11(10)16(20,21)22/h1-4,9H,5-8H2,(H,23,27)/t9-/m1/s1. The maximum atomic E-state index is 13.0. The van der Waals surface area contributed by atoms with Gasteiger partial charge in [-0.3, -0.25) is 4.79 Å². The maximum absolute atomic E-state index is 13.0. The van der Waals surface area contributed by atoms with E-state index in [0.717, 1.165) is 18.2 Å². The van der Waals surface area contributed by atoms with Gasteiger partial charge in [-0.1, -0.05) is 12.1 Å². The van der Waals surface area contributed by atoms with E-state index in [-0.39, 0.29) is 31.8 Å². The highest BCUT2D eigenvalue weighted by atomic mass is 19.4. The molecule has 2 aromatic rings. The summed E-state index contributed by atoms with van der Waals surface area (Å²) in [6, 6.07) is 4.25. The van der Waals surface area contributed by atoms with Gasteiger partial charge in [0.05, 0.1) is 23.6 Å². The Morgan fingerprint density at radius 2 is 1.85 bits per heavy atom. The monoisotopic (exact) mass is 392 g/mol. The van der Waals surface area contributed by atoms with Gasteiger partial charge in [0.25, 0.3) is 5.91 Å². The summed E-state index contributed by atoms with van der Waals surface area (Å²) < 4.78 is 79.0. The van der Waals surface area contributed by atoms with Crippen molar-refractivity contribution in [3.8, 4) is 0 Å². The second-order valence-electron chi connectivity index (χ2n) is 6.15. The third-order valence-corrected chi connectivity index (χ3v) is 4.37. The summed E-state index contributed by atoms with van der Waals surface area (Å²) in [6.45, 7) is -0.710. The van der Waals surface area contributed by atoms with Crippen LogP contribution in [0, 0.1) is 5.92 Å². The number of aromatic nitrogens is 3. The van der Waals surface area contributed by atoms with Crippen molar-refractivity contribution >= 4 is 5.91 Å². The lowest BCUT2D eigenvalue weighted by molar-refractivity contribution is -0.182. The van der Waals surface area contributed by atoms with Crippen molar-refractivity contribution in [2.75, 3.05) is 0 Å². The lowest BCUT2D eigenvalue weighted by Crippen LogP contribution is -2.34. The third-order valence-electron chi connectivity index (χ3n) is 4.37. The average Bonchev–Trinajstić information content (AvgIpc) is 3.00. The van der Waals surface area contributed by atoms with Crippen LogP contribution in [0.4, 0.5) is 26.3 Å². The van der Waals surface area contributed by atoms with Gasteiger partial charge in [-0.2, -0.15) is 26.3 Å². The van der Waals surface area contributed by atoms with Crippen LogP contribution in [0.3, 0.4) is 0 Å². The zero-order valence-electron chi connectivity index (χ0n) is 13.7. The third kappa shape index (κ3) is 4.06. The lowest BCUT2D eigenvalue weighted by Gasteiger charge is -2.26. The highest BCUT2D eigenvalue weighted by molar-refractivity contribution is 5.95. The predicted octanol–water partition coefficient (Wildman–Crippen LogP) is 3.35. The zero-order chi connectivity index (χ0) is 19.8. The van der Waals surface area contributed by atoms with E-state index < -0.39 is 35.3 Å². The molecule has 0 fully saturated rings. The zero-order valence-corrected chi connectivity index (χ0v) is 13.7. The van der Waals surface area contributed by atoms with Crippen LogP contribution in [0.1, 0.15) is 34.0 Å². The highest BCUT2D eigenvalue weighted by Gasteiger charge is 2.42. The number of amides is 1. The first-order valence-electron chi connectivity index (χ1n) is 7.99. The minimum Gasteiger partial charge on any atom is -0.345 e. The largest absolute Gasteiger partial charge is 0.417 e. The number of aryl methyl sites for hydroxylation is 1. The van der Waals surface area contributed by atoms with E-state index in [0.29, 0.717) is 5.82 Å². The fourth-order valence-electron chi connectivity index (χ4n) is 2.96. The first-order valence-corrected chi connectivity index (χ1v) is 7.99. The van der Waals surface area contributed by atoms with Gasteiger partial charge in [-0.05, 0) is 18.6 Å². The molecular weight excluding hydrogens is 378 g/mol. The molecule has 1 aliphatic heterocycles. The Kier molecular flexibility index (Phi) is 4.87. The highest BCUT2D eigenvalue weighted by Crippen LogP contribution is 2.34. The van der Waals surface area contributed by atoms with E-state index in [1.54, 1.807) is 0 Å². The number of hydrogen-bond acceptors (Lipinski definition) is 3. The van der Waals surface area contributed by atoms with Gasteiger partial charge < -0.3 is 9.88 Å². The molecular formula is C16H14F6N4O. The number of rotatable bonds is 3. The first-order chi connectivity index (χ1) is 12.6. The van der Waals surface area contributed by atoms with Crippen molar-refractivity contribution in [1.29, 1.82) is 0 Å². The van der Waals surface area contributed by atoms with Crippen LogP contribution >= 0.6 is 0 Å². The van der Waals surface area contributed by atoms with Gasteiger partial charge in [0.1, 0.15) is 5.82 Å². The number of carbonyl (C=O) groups excluding carboxylic acids is 1. The second-order valence-corrected chi connectivity index (χ2v) is 6.15. The van der Waals surface area contributed by atoms with Crippen LogP contribution in [-0.4, -0.2) is 26.8 Å². The van der Waals surface area contributed by atoms with E-state index in [4.69, 9.17) is 0 Å². The van der Waals surface area contributed by atoms with E-state index in [9.17, 15) is 31.1 Å². The number of halogens is 6. The number of hydrogen-bond donors (Lipinski definition) is 1. The van der Waals surface area contributed by atoms with Crippen LogP contribution < -0.4 is 5.32 Å². The molecule has 0 radical (unpaired) electrons.